The van der Waals surface area contributed by atoms with Crippen LogP contribution in [0.15, 0.2) is 18.7 Å². The molecule has 0 bridgehead atoms. The maximum atomic E-state index is 12.2. The Morgan fingerprint density at radius 3 is 3.12 bits per heavy atom. The molecular formula is C12H20N4O. The number of rotatable bonds is 5. The third-order valence-electron chi connectivity index (χ3n) is 3.62. The first-order valence-corrected chi connectivity index (χ1v) is 6.21. The van der Waals surface area contributed by atoms with Gasteiger partial charge in [0.25, 0.3) is 0 Å². The van der Waals surface area contributed by atoms with Gasteiger partial charge in [-0.25, -0.2) is 4.98 Å². The smallest absolute Gasteiger partial charge is 0.227 e. The molecule has 5 nitrogen and oxygen atoms in total. The quantitative estimate of drug-likeness (QED) is 0.777. The molecule has 2 rings (SSSR count). The monoisotopic (exact) mass is 236 g/mol. The number of carbonyl (C=O) groups is 1. The van der Waals surface area contributed by atoms with Crippen LogP contribution >= 0.6 is 0 Å². The molecule has 1 saturated heterocycles. The summed E-state index contributed by atoms with van der Waals surface area (Å²) in [6.07, 6.45) is 7.26. The van der Waals surface area contributed by atoms with Crippen LogP contribution in [-0.4, -0.2) is 35.1 Å². The molecule has 0 saturated carbocycles. The maximum Gasteiger partial charge on any atom is 0.227 e. The number of nitrogens with zero attached hydrogens (tertiary/aromatic N) is 2. The van der Waals surface area contributed by atoms with E-state index in [1.807, 2.05) is 10.8 Å². The summed E-state index contributed by atoms with van der Waals surface area (Å²) in [5, 5.41) is 6.30. The fourth-order valence-corrected chi connectivity index (χ4v) is 2.30. The van der Waals surface area contributed by atoms with Crippen molar-refractivity contribution in [2.24, 2.45) is 5.41 Å². The van der Waals surface area contributed by atoms with Gasteiger partial charge < -0.3 is 15.2 Å². The summed E-state index contributed by atoms with van der Waals surface area (Å²) in [4.78, 5) is 16.1. The summed E-state index contributed by atoms with van der Waals surface area (Å²) in [6.45, 7) is 5.28. The summed E-state index contributed by atoms with van der Waals surface area (Å²) in [7, 11) is 0. The summed E-state index contributed by atoms with van der Waals surface area (Å²) in [5.74, 6) is 0.185. The molecular weight excluding hydrogens is 216 g/mol. The van der Waals surface area contributed by atoms with Gasteiger partial charge in [0, 0.05) is 32.0 Å². The average Bonchev–Trinajstić information content (AvgIpc) is 3.00. The number of hydrogen-bond acceptors (Lipinski definition) is 3. The minimum atomic E-state index is -0.186. The van der Waals surface area contributed by atoms with Crippen LogP contribution in [0.1, 0.15) is 19.8 Å². The van der Waals surface area contributed by atoms with Gasteiger partial charge in [0.1, 0.15) is 0 Å². The lowest BCUT2D eigenvalue weighted by molar-refractivity contribution is -0.130. The molecule has 0 aromatic carbocycles. The fourth-order valence-electron chi connectivity index (χ4n) is 2.30. The van der Waals surface area contributed by atoms with E-state index in [4.69, 9.17) is 0 Å². The highest BCUT2D eigenvalue weighted by atomic mass is 16.2. The maximum absolute atomic E-state index is 12.2. The molecule has 0 radical (unpaired) electrons. The van der Waals surface area contributed by atoms with E-state index in [0.717, 1.165) is 32.5 Å². The van der Waals surface area contributed by atoms with Crippen LogP contribution in [0.4, 0.5) is 0 Å². The highest BCUT2D eigenvalue weighted by Gasteiger charge is 2.38. The van der Waals surface area contributed by atoms with E-state index in [2.05, 4.69) is 22.5 Å². The topological polar surface area (TPSA) is 59.0 Å². The second-order valence-corrected chi connectivity index (χ2v) is 4.62. The van der Waals surface area contributed by atoms with Gasteiger partial charge in [0.2, 0.25) is 5.91 Å². The fraction of sp³-hybridized carbons (Fsp3) is 0.667. The van der Waals surface area contributed by atoms with Crippen LogP contribution < -0.4 is 10.6 Å². The molecule has 2 N–H and O–H groups in total. The summed E-state index contributed by atoms with van der Waals surface area (Å²) in [6, 6.07) is 0. The molecule has 94 valence electrons. The van der Waals surface area contributed by atoms with Crippen molar-refractivity contribution >= 4 is 5.91 Å². The normalized spacial score (nSPS) is 23.8. The summed E-state index contributed by atoms with van der Waals surface area (Å²) in [5.41, 5.74) is -0.186. The molecule has 1 aliphatic rings. The minimum absolute atomic E-state index is 0.185. The highest BCUT2D eigenvalue weighted by Crippen LogP contribution is 2.29. The van der Waals surface area contributed by atoms with Crippen molar-refractivity contribution in [3.63, 3.8) is 0 Å². The van der Waals surface area contributed by atoms with Gasteiger partial charge in [-0.2, -0.15) is 0 Å². The lowest BCUT2D eigenvalue weighted by Crippen LogP contribution is -2.43. The zero-order valence-electron chi connectivity index (χ0n) is 10.3. The Kier molecular flexibility index (Phi) is 3.78. The van der Waals surface area contributed by atoms with Crippen LogP contribution in [-0.2, 0) is 11.3 Å². The number of hydrogen-bond donors (Lipinski definition) is 2. The van der Waals surface area contributed by atoms with E-state index in [1.165, 1.54) is 0 Å². The molecule has 5 heteroatoms. The van der Waals surface area contributed by atoms with E-state index in [-0.39, 0.29) is 11.3 Å². The first-order valence-electron chi connectivity index (χ1n) is 6.21. The Morgan fingerprint density at radius 1 is 1.65 bits per heavy atom. The van der Waals surface area contributed by atoms with Crippen molar-refractivity contribution in [1.29, 1.82) is 0 Å². The number of carbonyl (C=O) groups excluding carboxylic acids is 1. The Labute approximate surface area is 102 Å². The largest absolute Gasteiger partial charge is 0.354 e. The van der Waals surface area contributed by atoms with Crippen LogP contribution in [0.2, 0.25) is 0 Å². The van der Waals surface area contributed by atoms with Gasteiger partial charge in [-0.05, 0) is 19.4 Å². The van der Waals surface area contributed by atoms with Gasteiger partial charge in [-0.1, -0.05) is 6.92 Å². The van der Waals surface area contributed by atoms with Crippen molar-refractivity contribution in [3.05, 3.63) is 18.7 Å². The number of nitrogens with one attached hydrogen (secondary N) is 2. The van der Waals surface area contributed by atoms with Crippen molar-refractivity contribution in [2.45, 2.75) is 26.3 Å². The number of amides is 1. The Balaban J connectivity index is 1.80. The Morgan fingerprint density at radius 2 is 2.53 bits per heavy atom. The van der Waals surface area contributed by atoms with Crippen LogP contribution in [0.25, 0.3) is 0 Å². The minimum Gasteiger partial charge on any atom is -0.354 e. The van der Waals surface area contributed by atoms with E-state index >= 15 is 0 Å². The average molecular weight is 236 g/mol. The summed E-state index contributed by atoms with van der Waals surface area (Å²) >= 11 is 0. The van der Waals surface area contributed by atoms with Crippen LogP contribution in [0, 0.1) is 5.41 Å². The van der Waals surface area contributed by atoms with E-state index in [9.17, 15) is 4.79 Å². The molecule has 1 aromatic heterocycles. The molecule has 2 heterocycles. The van der Waals surface area contributed by atoms with E-state index < -0.39 is 0 Å². The van der Waals surface area contributed by atoms with Crippen LogP contribution in [0.5, 0.6) is 0 Å². The van der Waals surface area contributed by atoms with Gasteiger partial charge in [-0.3, -0.25) is 4.79 Å². The molecule has 1 fully saturated rings. The van der Waals surface area contributed by atoms with Gasteiger partial charge in [0.05, 0.1) is 11.7 Å². The first kappa shape index (κ1) is 12.1. The zero-order chi connectivity index (χ0) is 12.1. The van der Waals surface area contributed by atoms with Crippen molar-refractivity contribution in [2.75, 3.05) is 19.6 Å². The Hall–Kier alpha value is -1.36. The third-order valence-corrected chi connectivity index (χ3v) is 3.62. The lowest BCUT2D eigenvalue weighted by atomic mass is 9.83. The standard InChI is InChI=1S/C12H20N4O/c1-2-12(3-4-13-9-12)11(17)15-6-8-16-7-5-14-10-16/h5,7,10,13H,2-4,6,8-9H2,1H3,(H,15,17). The molecule has 1 amide bonds. The van der Waals surface area contributed by atoms with E-state index in [1.54, 1.807) is 12.5 Å². The van der Waals surface area contributed by atoms with Crippen molar-refractivity contribution < 1.29 is 4.79 Å². The summed E-state index contributed by atoms with van der Waals surface area (Å²) < 4.78 is 1.96. The number of aromatic nitrogens is 2. The van der Waals surface area contributed by atoms with Gasteiger partial charge in [0.15, 0.2) is 0 Å². The first-order chi connectivity index (χ1) is 8.27. The number of imidazole rings is 1. The second-order valence-electron chi connectivity index (χ2n) is 4.62. The molecule has 17 heavy (non-hydrogen) atoms. The highest BCUT2D eigenvalue weighted by molar-refractivity contribution is 5.83. The molecule has 0 aliphatic carbocycles. The molecule has 1 atom stereocenters. The predicted octanol–water partition coefficient (Wildman–Crippen LogP) is 0.389. The predicted molar refractivity (Wildman–Crippen MR) is 65.4 cm³/mol. The van der Waals surface area contributed by atoms with Crippen LogP contribution in [0.3, 0.4) is 0 Å². The van der Waals surface area contributed by atoms with E-state index in [0.29, 0.717) is 6.54 Å². The molecule has 0 spiro atoms. The molecule has 1 aliphatic heterocycles. The SMILES string of the molecule is CCC1(C(=O)NCCn2ccnc2)CCNC1. The van der Waals surface area contributed by atoms with Gasteiger partial charge in [-0.15, -0.1) is 0 Å². The molecule has 1 unspecified atom stereocenters. The Bertz CT molecular complexity index is 355. The zero-order valence-corrected chi connectivity index (χ0v) is 10.3. The van der Waals surface area contributed by atoms with Gasteiger partial charge >= 0.3 is 0 Å². The lowest BCUT2D eigenvalue weighted by Gasteiger charge is -2.25. The second kappa shape index (κ2) is 5.31. The van der Waals surface area contributed by atoms with Crippen molar-refractivity contribution in [3.8, 4) is 0 Å². The van der Waals surface area contributed by atoms with Crippen molar-refractivity contribution in [1.82, 2.24) is 20.2 Å². The third kappa shape index (κ3) is 2.66. The molecule has 1 aromatic rings.